The first-order chi connectivity index (χ1) is 13.3. The molecule has 0 atom stereocenters. The average Bonchev–Trinajstić information content (AvgIpc) is 3.41. The molecule has 1 aliphatic rings. The molecule has 1 amide bonds. The number of carbonyl (C=O) groups is 1. The van der Waals surface area contributed by atoms with Crippen molar-refractivity contribution in [3.63, 3.8) is 0 Å². The van der Waals surface area contributed by atoms with Crippen LogP contribution in [0, 0.1) is 18.7 Å². The van der Waals surface area contributed by atoms with Crippen LogP contribution in [0.25, 0.3) is 0 Å². The predicted octanol–water partition coefficient (Wildman–Crippen LogP) is 3.02. The molecule has 0 aliphatic heterocycles. The number of nitrogens with one attached hydrogen (secondary N) is 1. The molecule has 152 valence electrons. The summed E-state index contributed by atoms with van der Waals surface area (Å²) >= 11 is 0. The summed E-state index contributed by atoms with van der Waals surface area (Å²) in [6.07, 6.45) is 3.98. The number of halogens is 1. The second-order valence-corrected chi connectivity index (χ2v) is 8.90. The van der Waals surface area contributed by atoms with E-state index in [1.54, 1.807) is 24.7 Å². The number of aryl methyl sites for hydroxylation is 1. The van der Waals surface area contributed by atoms with Gasteiger partial charge < -0.3 is 5.32 Å². The molecule has 3 rings (SSSR count). The predicted molar refractivity (Wildman–Crippen MR) is 104 cm³/mol. The maximum Gasteiger partial charge on any atom is 0.256 e. The smallest absolute Gasteiger partial charge is 0.256 e. The summed E-state index contributed by atoms with van der Waals surface area (Å²) < 4.78 is 42.5. The first-order valence-electron chi connectivity index (χ1n) is 9.41. The summed E-state index contributed by atoms with van der Waals surface area (Å²) in [5, 5.41) is 7.09. The van der Waals surface area contributed by atoms with E-state index in [2.05, 4.69) is 10.4 Å². The SMILES string of the molecule is CCN(CC)S(=O)(=O)c1cc(C(=O)Nc2c(C)cnn2CC2CC2)ccc1F. The zero-order chi connectivity index (χ0) is 20.5. The zero-order valence-corrected chi connectivity index (χ0v) is 17.1. The summed E-state index contributed by atoms with van der Waals surface area (Å²) in [4.78, 5) is 12.2. The summed E-state index contributed by atoms with van der Waals surface area (Å²) in [6, 6.07) is 3.39. The third-order valence-corrected chi connectivity index (χ3v) is 6.96. The molecule has 1 heterocycles. The Morgan fingerprint density at radius 3 is 2.61 bits per heavy atom. The first kappa shape index (κ1) is 20.5. The van der Waals surface area contributed by atoms with Crippen molar-refractivity contribution in [3.05, 3.63) is 41.3 Å². The van der Waals surface area contributed by atoms with Gasteiger partial charge in [-0.1, -0.05) is 13.8 Å². The van der Waals surface area contributed by atoms with E-state index < -0.39 is 26.6 Å². The van der Waals surface area contributed by atoms with Gasteiger partial charge in [0.1, 0.15) is 16.5 Å². The fraction of sp³-hybridized carbons (Fsp3) is 0.474. The molecule has 0 unspecified atom stereocenters. The van der Waals surface area contributed by atoms with Gasteiger partial charge in [0, 0.05) is 30.8 Å². The maximum absolute atomic E-state index is 14.3. The van der Waals surface area contributed by atoms with Gasteiger partial charge in [-0.2, -0.15) is 9.40 Å². The normalized spacial score (nSPS) is 14.5. The number of hydrogen-bond donors (Lipinski definition) is 1. The second kappa shape index (κ2) is 8.00. The highest BCUT2D eigenvalue weighted by molar-refractivity contribution is 7.89. The number of carbonyl (C=O) groups excluding carboxylic acids is 1. The Morgan fingerprint density at radius 1 is 1.32 bits per heavy atom. The van der Waals surface area contributed by atoms with Crippen LogP contribution in [0.3, 0.4) is 0 Å². The molecule has 28 heavy (non-hydrogen) atoms. The topological polar surface area (TPSA) is 84.3 Å². The van der Waals surface area contributed by atoms with Crippen LogP contribution in [-0.4, -0.2) is 41.5 Å². The van der Waals surface area contributed by atoms with Gasteiger partial charge in [-0.05, 0) is 43.9 Å². The lowest BCUT2D eigenvalue weighted by Crippen LogP contribution is -2.31. The number of rotatable bonds is 8. The van der Waals surface area contributed by atoms with Crippen LogP contribution in [0.15, 0.2) is 29.3 Å². The number of aromatic nitrogens is 2. The lowest BCUT2D eigenvalue weighted by Gasteiger charge is -2.19. The molecule has 1 aliphatic carbocycles. The van der Waals surface area contributed by atoms with E-state index >= 15 is 0 Å². The van der Waals surface area contributed by atoms with Crippen LogP contribution in [0.1, 0.15) is 42.6 Å². The molecule has 1 saturated carbocycles. The van der Waals surface area contributed by atoms with E-state index in [-0.39, 0.29) is 18.7 Å². The van der Waals surface area contributed by atoms with Crippen LogP contribution < -0.4 is 5.32 Å². The van der Waals surface area contributed by atoms with Gasteiger partial charge in [-0.15, -0.1) is 0 Å². The summed E-state index contributed by atoms with van der Waals surface area (Å²) in [7, 11) is -4.01. The van der Waals surface area contributed by atoms with E-state index in [1.807, 2.05) is 6.92 Å². The fourth-order valence-corrected chi connectivity index (χ4v) is 4.60. The molecular weight excluding hydrogens is 383 g/mol. The maximum atomic E-state index is 14.3. The Morgan fingerprint density at radius 2 is 2.00 bits per heavy atom. The minimum Gasteiger partial charge on any atom is -0.307 e. The summed E-state index contributed by atoms with van der Waals surface area (Å²) in [6.45, 7) is 6.36. The van der Waals surface area contributed by atoms with Crippen molar-refractivity contribution in [1.29, 1.82) is 0 Å². The number of hydrogen-bond acceptors (Lipinski definition) is 4. The molecule has 0 radical (unpaired) electrons. The lowest BCUT2D eigenvalue weighted by atomic mass is 10.2. The van der Waals surface area contributed by atoms with Crippen molar-refractivity contribution in [3.8, 4) is 0 Å². The molecule has 0 saturated heterocycles. The van der Waals surface area contributed by atoms with E-state index in [9.17, 15) is 17.6 Å². The van der Waals surface area contributed by atoms with Crippen LogP contribution in [0.2, 0.25) is 0 Å². The van der Waals surface area contributed by atoms with Gasteiger partial charge in [-0.25, -0.2) is 17.5 Å². The second-order valence-electron chi connectivity index (χ2n) is 6.99. The third kappa shape index (κ3) is 4.10. The molecular formula is C19H25FN4O3S. The number of sulfonamides is 1. The monoisotopic (exact) mass is 408 g/mol. The van der Waals surface area contributed by atoms with Gasteiger partial charge in [0.25, 0.3) is 5.91 Å². The van der Waals surface area contributed by atoms with E-state index in [0.29, 0.717) is 11.7 Å². The van der Waals surface area contributed by atoms with Crippen molar-refractivity contribution in [2.45, 2.75) is 45.1 Å². The molecule has 1 aromatic heterocycles. The Kier molecular flexibility index (Phi) is 5.85. The lowest BCUT2D eigenvalue weighted by molar-refractivity contribution is 0.102. The molecule has 9 heteroatoms. The average molecular weight is 408 g/mol. The van der Waals surface area contributed by atoms with Gasteiger partial charge in [-0.3, -0.25) is 4.79 Å². The van der Waals surface area contributed by atoms with E-state index in [1.165, 1.54) is 6.07 Å². The third-order valence-electron chi connectivity index (χ3n) is 4.90. The Hall–Kier alpha value is -2.26. The quantitative estimate of drug-likeness (QED) is 0.728. The van der Waals surface area contributed by atoms with Gasteiger partial charge in [0.2, 0.25) is 10.0 Å². The number of amides is 1. The fourth-order valence-electron chi connectivity index (χ4n) is 3.05. The van der Waals surface area contributed by atoms with Gasteiger partial charge >= 0.3 is 0 Å². The molecule has 0 spiro atoms. The minimum atomic E-state index is -4.01. The van der Waals surface area contributed by atoms with Crippen molar-refractivity contribution in [1.82, 2.24) is 14.1 Å². The van der Waals surface area contributed by atoms with Crippen molar-refractivity contribution >= 4 is 21.7 Å². The largest absolute Gasteiger partial charge is 0.307 e. The highest BCUT2D eigenvalue weighted by atomic mass is 32.2. The Balaban J connectivity index is 1.88. The molecule has 1 aromatic carbocycles. The molecule has 2 aromatic rings. The summed E-state index contributed by atoms with van der Waals surface area (Å²) in [5.74, 6) is -0.226. The van der Waals surface area contributed by atoms with Crippen molar-refractivity contribution in [2.75, 3.05) is 18.4 Å². The molecule has 1 fully saturated rings. The molecule has 1 N–H and O–H groups in total. The Labute approximate surface area is 164 Å². The van der Waals surface area contributed by atoms with E-state index in [4.69, 9.17) is 0 Å². The van der Waals surface area contributed by atoms with Crippen molar-refractivity contribution in [2.24, 2.45) is 5.92 Å². The van der Waals surface area contributed by atoms with Crippen LogP contribution in [0.4, 0.5) is 10.2 Å². The van der Waals surface area contributed by atoms with Crippen LogP contribution in [0.5, 0.6) is 0 Å². The van der Waals surface area contributed by atoms with Gasteiger partial charge in [0.15, 0.2) is 0 Å². The van der Waals surface area contributed by atoms with Gasteiger partial charge in [0.05, 0.1) is 6.20 Å². The number of anilines is 1. The van der Waals surface area contributed by atoms with Crippen LogP contribution in [-0.2, 0) is 16.6 Å². The van der Waals surface area contributed by atoms with E-state index in [0.717, 1.165) is 41.4 Å². The minimum absolute atomic E-state index is 0.0747. The summed E-state index contributed by atoms with van der Waals surface area (Å²) in [5.41, 5.74) is 0.887. The Bertz CT molecular complexity index is 979. The standard InChI is InChI=1S/C19H25FN4O3S/c1-4-23(5-2)28(26,27)17-10-15(8-9-16(17)20)19(25)22-18-13(3)11-21-24(18)12-14-6-7-14/h8-11,14H,4-7,12H2,1-3H3,(H,22,25). The first-order valence-corrected chi connectivity index (χ1v) is 10.8. The molecule has 7 nitrogen and oxygen atoms in total. The zero-order valence-electron chi connectivity index (χ0n) is 16.3. The van der Waals surface area contributed by atoms with Crippen molar-refractivity contribution < 1.29 is 17.6 Å². The van der Waals surface area contributed by atoms with Crippen LogP contribution >= 0.6 is 0 Å². The highest BCUT2D eigenvalue weighted by Gasteiger charge is 2.27. The number of nitrogens with zero attached hydrogens (tertiary/aromatic N) is 3. The number of benzene rings is 1. The molecule has 0 bridgehead atoms. The highest BCUT2D eigenvalue weighted by Crippen LogP contribution is 2.32.